The Morgan fingerprint density at radius 2 is 1.77 bits per heavy atom. The van der Waals surface area contributed by atoms with Crippen molar-refractivity contribution in [3.8, 4) is 5.75 Å². The minimum absolute atomic E-state index is 0.101. The number of rotatable bonds is 7. The predicted molar refractivity (Wildman–Crippen MR) is 124 cm³/mol. The fraction of sp³-hybridized carbons (Fsp3) is 0.269. The number of hydrogen-bond acceptors (Lipinski definition) is 4. The molecule has 0 aliphatic carbocycles. The molecule has 1 amide bonds. The molecule has 1 N–H and O–H groups in total. The highest BCUT2D eigenvalue weighted by molar-refractivity contribution is 5.93. The van der Waals surface area contributed by atoms with E-state index in [1.54, 1.807) is 13.2 Å². The van der Waals surface area contributed by atoms with E-state index in [0.29, 0.717) is 6.54 Å². The van der Waals surface area contributed by atoms with E-state index in [4.69, 9.17) is 9.47 Å². The highest BCUT2D eigenvalue weighted by Crippen LogP contribution is 2.22. The normalized spacial score (nSPS) is 14.7. The van der Waals surface area contributed by atoms with Crippen LogP contribution < -0.4 is 10.1 Å². The predicted octanol–water partition coefficient (Wildman–Crippen LogP) is 4.01. The van der Waals surface area contributed by atoms with Crippen LogP contribution in [0, 0.1) is 0 Å². The molecule has 1 aliphatic heterocycles. The van der Waals surface area contributed by atoms with E-state index in [2.05, 4.69) is 34.5 Å². The van der Waals surface area contributed by atoms with Crippen molar-refractivity contribution in [3.05, 3.63) is 83.4 Å². The highest BCUT2D eigenvalue weighted by atomic mass is 16.5. The summed E-state index contributed by atoms with van der Waals surface area (Å²) in [6.45, 7) is 4.86. The minimum Gasteiger partial charge on any atom is -0.497 e. The maximum Gasteiger partial charge on any atom is 0.244 e. The Balaban J connectivity index is 1.36. The fourth-order valence-electron chi connectivity index (χ4n) is 3.77. The van der Waals surface area contributed by atoms with Gasteiger partial charge in [0.05, 0.1) is 20.3 Å². The van der Waals surface area contributed by atoms with Gasteiger partial charge in [0.2, 0.25) is 5.91 Å². The third-order valence-corrected chi connectivity index (χ3v) is 5.57. The summed E-state index contributed by atoms with van der Waals surface area (Å²) < 4.78 is 10.7. The van der Waals surface area contributed by atoms with Crippen molar-refractivity contribution in [2.45, 2.75) is 13.1 Å². The van der Waals surface area contributed by atoms with Crippen molar-refractivity contribution < 1.29 is 14.3 Å². The van der Waals surface area contributed by atoms with Crippen LogP contribution in [0.15, 0.2) is 66.7 Å². The quantitative estimate of drug-likeness (QED) is 0.592. The number of carbonyl (C=O) groups excluding carboxylic acids is 1. The van der Waals surface area contributed by atoms with Crippen molar-refractivity contribution in [2.75, 3.05) is 33.4 Å². The lowest BCUT2D eigenvalue weighted by Crippen LogP contribution is -2.36. The van der Waals surface area contributed by atoms with E-state index >= 15 is 0 Å². The number of fused-ring (bicyclic) bond motifs is 1. The van der Waals surface area contributed by atoms with Crippen LogP contribution in [-0.2, 0) is 22.6 Å². The Bertz CT molecular complexity index is 1070. The molecule has 31 heavy (non-hydrogen) atoms. The molecule has 160 valence electrons. The molecule has 0 atom stereocenters. The average molecular weight is 417 g/mol. The van der Waals surface area contributed by atoms with E-state index < -0.39 is 0 Å². The molecular weight excluding hydrogens is 388 g/mol. The molecule has 0 unspecified atom stereocenters. The number of hydrogen-bond donors (Lipinski definition) is 1. The number of morpholine rings is 1. The maximum absolute atomic E-state index is 12.4. The second-order valence-corrected chi connectivity index (χ2v) is 7.68. The Hall–Kier alpha value is -3.15. The van der Waals surface area contributed by atoms with Gasteiger partial charge < -0.3 is 14.8 Å². The van der Waals surface area contributed by atoms with Crippen LogP contribution >= 0.6 is 0 Å². The number of nitrogens with one attached hydrogen (secondary N) is 1. The Labute approximate surface area is 183 Å². The lowest BCUT2D eigenvalue weighted by Gasteiger charge is -2.27. The van der Waals surface area contributed by atoms with Crippen molar-refractivity contribution in [1.82, 2.24) is 10.2 Å². The molecule has 3 aromatic carbocycles. The zero-order valence-electron chi connectivity index (χ0n) is 17.8. The zero-order chi connectivity index (χ0) is 21.5. The smallest absolute Gasteiger partial charge is 0.244 e. The largest absolute Gasteiger partial charge is 0.497 e. The fourth-order valence-corrected chi connectivity index (χ4v) is 3.77. The summed E-state index contributed by atoms with van der Waals surface area (Å²) in [6.07, 6.45) is 3.44. The summed E-state index contributed by atoms with van der Waals surface area (Å²) in [4.78, 5) is 14.8. The third kappa shape index (κ3) is 5.72. The summed E-state index contributed by atoms with van der Waals surface area (Å²) >= 11 is 0. The van der Waals surface area contributed by atoms with Crippen molar-refractivity contribution in [3.63, 3.8) is 0 Å². The van der Waals surface area contributed by atoms with Crippen molar-refractivity contribution in [1.29, 1.82) is 0 Å². The summed E-state index contributed by atoms with van der Waals surface area (Å²) in [5.41, 5.74) is 3.38. The molecule has 5 nitrogen and oxygen atoms in total. The molecule has 3 aromatic rings. The minimum atomic E-state index is -0.101. The van der Waals surface area contributed by atoms with Gasteiger partial charge >= 0.3 is 0 Å². The van der Waals surface area contributed by atoms with Gasteiger partial charge in [-0.3, -0.25) is 9.69 Å². The molecule has 5 heteroatoms. The maximum atomic E-state index is 12.4. The second kappa shape index (κ2) is 10.2. The number of methoxy groups -OCH3 is 1. The second-order valence-electron chi connectivity index (χ2n) is 7.68. The van der Waals surface area contributed by atoms with E-state index in [-0.39, 0.29) is 5.91 Å². The molecule has 1 aliphatic rings. The van der Waals surface area contributed by atoms with Gasteiger partial charge in [-0.25, -0.2) is 0 Å². The Morgan fingerprint density at radius 3 is 2.58 bits per heavy atom. The van der Waals surface area contributed by atoms with Gasteiger partial charge in [-0.1, -0.05) is 42.5 Å². The van der Waals surface area contributed by atoms with Crippen LogP contribution in [0.4, 0.5) is 0 Å². The highest BCUT2D eigenvalue weighted by Gasteiger charge is 2.12. The average Bonchev–Trinajstić information content (AvgIpc) is 2.82. The molecule has 0 radical (unpaired) electrons. The van der Waals surface area contributed by atoms with E-state index in [9.17, 15) is 4.79 Å². The van der Waals surface area contributed by atoms with Gasteiger partial charge in [0.15, 0.2) is 0 Å². The summed E-state index contributed by atoms with van der Waals surface area (Å²) in [5, 5.41) is 5.23. The monoisotopic (exact) mass is 416 g/mol. The topological polar surface area (TPSA) is 50.8 Å². The van der Waals surface area contributed by atoms with Crippen LogP contribution in [0.2, 0.25) is 0 Å². The standard InChI is InChI=1S/C26H28N2O3/c1-30-25-10-9-21-16-20(6-8-22(21)17-25)7-11-26(29)27-18-23-4-2-3-5-24(23)19-28-12-14-31-15-13-28/h2-11,16-17H,12-15,18-19H2,1H3,(H,27,29)/b11-7+. The first-order valence-corrected chi connectivity index (χ1v) is 10.6. The first-order chi connectivity index (χ1) is 15.2. The summed E-state index contributed by atoms with van der Waals surface area (Å²) in [5.74, 6) is 0.736. The van der Waals surface area contributed by atoms with Gasteiger partial charge in [-0.2, -0.15) is 0 Å². The number of benzene rings is 3. The van der Waals surface area contributed by atoms with Gasteiger partial charge in [0.25, 0.3) is 0 Å². The molecule has 1 heterocycles. The molecule has 1 fully saturated rings. The van der Waals surface area contributed by atoms with Gasteiger partial charge in [-0.05, 0) is 51.7 Å². The first kappa shape index (κ1) is 21.1. The summed E-state index contributed by atoms with van der Waals surface area (Å²) in [6, 6.07) is 20.4. The van der Waals surface area contributed by atoms with E-state index in [1.807, 2.05) is 42.5 Å². The van der Waals surface area contributed by atoms with Crippen molar-refractivity contribution in [2.24, 2.45) is 0 Å². The Kier molecular flexibility index (Phi) is 6.97. The van der Waals surface area contributed by atoms with Crippen LogP contribution in [0.1, 0.15) is 16.7 Å². The molecule has 0 aromatic heterocycles. The SMILES string of the molecule is COc1ccc2cc(/C=C/C(=O)NCc3ccccc3CN3CCOCC3)ccc2c1. The molecule has 0 spiro atoms. The van der Waals surface area contributed by atoms with Gasteiger partial charge in [-0.15, -0.1) is 0 Å². The molecule has 1 saturated heterocycles. The molecular formula is C26H28N2O3. The Morgan fingerprint density at radius 1 is 1.03 bits per heavy atom. The first-order valence-electron chi connectivity index (χ1n) is 10.6. The summed E-state index contributed by atoms with van der Waals surface area (Å²) in [7, 11) is 1.66. The van der Waals surface area contributed by atoms with Crippen LogP contribution in [0.5, 0.6) is 5.75 Å². The van der Waals surface area contributed by atoms with Crippen LogP contribution in [0.3, 0.4) is 0 Å². The molecule has 4 rings (SSSR count). The van der Waals surface area contributed by atoms with Crippen LogP contribution in [0.25, 0.3) is 16.8 Å². The lowest BCUT2D eigenvalue weighted by atomic mass is 10.1. The lowest BCUT2D eigenvalue weighted by molar-refractivity contribution is -0.116. The zero-order valence-corrected chi connectivity index (χ0v) is 17.8. The van der Waals surface area contributed by atoms with Crippen molar-refractivity contribution >= 4 is 22.8 Å². The molecule has 0 saturated carbocycles. The van der Waals surface area contributed by atoms with Gasteiger partial charge in [0.1, 0.15) is 5.75 Å². The van der Waals surface area contributed by atoms with E-state index in [0.717, 1.165) is 60.5 Å². The molecule has 0 bridgehead atoms. The third-order valence-electron chi connectivity index (χ3n) is 5.57. The van der Waals surface area contributed by atoms with Gasteiger partial charge in [0, 0.05) is 32.3 Å². The van der Waals surface area contributed by atoms with E-state index in [1.165, 1.54) is 5.56 Å². The number of ether oxygens (including phenoxy) is 2. The number of nitrogens with zero attached hydrogens (tertiary/aromatic N) is 1. The van der Waals surface area contributed by atoms with Crippen LogP contribution in [-0.4, -0.2) is 44.2 Å². The number of amides is 1. The number of carbonyl (C=O) groups is 1.